The van der Waals surface area contributed by atoms with Crippen molar-refractivity contribution in [2.24, 2.45) is 4.99 Å². The molecule has 0 saturated carbocycles. The lowest BCUT2D eigenvalue weighted by atomic mass is 10.1. The van der Waals surface area contributed by atoms with Crippen LogP contribution in [0.2, 0.25) is 0 Å². The van der Waals surface area contributed by atoms with Crippen molar-refractivity contribution in [3.05, 3.63) is 53.3 Å². The Labute approximate surface area is 190 Å². The second-order valence-electron chi connectivity index (χ2n) is 7.06. The normalized spacial score (nSPS) is 14.9. The number of rotatable bonds is 5. The molecular weight excluding hydrogens is 479 g/mol. The topological polar surface area (TPSA) is 59.0 Å². The van der Waals surface area contributed by atoms with E-state index in [0.717, 1.165) is 60.2 Å². The standard InChI is InChI=1S/C22H30N4O2.HI/c1-16-14-24-20(17(2)21(16)27-4)15-25-22(23-3)26-12-10-19(11-13-26)28-18-8-6-5-7-9-18;/h5-9,14,19H,10-13,15H2,1-4H3,(H,23,25);1H. The fraction of sp³-hybridized carbons (Fsp3) is 0.455. The minimum atomic E-state index is 0. The molecule has 1 aromatic heterocycles. The molecule has 1 fully saturated rings. The van der Waals surface area contributed by atoms with E-state index in [0.29, 0.717) is 6.54 Å². The zero-order chi connectivity index (χ0) is 19.9. The van der Waals surface area contributed by atoms with Crippen LogP contribution in [0.3, 0.4) is 0 Å². The predicted octanol–water partition coefficient (Wildman–Crippen LogP) is 3.94. The molecule has 0 aliphatic carbocycles. The number of aryl methyl sites for hydroxylation is 1. The number of para-hydroxylation sites is 1. The number of nitrogens with zero attached hydrogens (tertiary/aromatic N) is 3. The second kappa shape index (κ2) is 11.2. The first-order valence-corrected chi connectivity index (χ1v) is 9.78. The van der Waals surface area contributed by atoms with Crippen molar-refractivity contribution in [2.45, 2.75) is 39.3 Å². The molecule has 1 N–H and O–H groups in total. The van der Waals surface area contributed by atoms with Crippen LogP contribution >= 0.6 is 24.0 Å². The molecule has 29 heavy (non-hydrogen) atoms. The fourth-order valence-corrected chi connectivity index (χ4v) is 3.62. The largest absolute Gasteiger partial charge is 0.496 e. The molecule has 1 aliphatic heterocycles. The highest BCUT2D eigenvalue weighted by atomic mass is 127. The Bertz CT molecular complexity index is 806. The lowest BCUT2D eigenvalue weighted by molar-refractivity contribution is 0.129. The van der Waals surface area contributed by atoms with Crippen molar-refractivity contribution >= 4 is 29.9 Å². The number of methoxy groups -OCH3 is 1. The number of piperidine rings is 1. The summed E-state index contributed by atoms with van der Waals surface area (Å²) in [5.41, 5.74) is 3.10. The van der Waals surface area contributed by atoms with Gasteiger partial charge in [0.25, 0.3) is 0 Å². The van der Waals surface area contributed by atoms with E-state index in [1.807, 2.05) is 57.4 Å². The maximum atomic E-state index is 6.09. The monoisotopic (exact) mass is 510 g/mol. The van der Waals surface area contributed by atoms with Gasteiger partial charge in [0.15, 0.2) is 5.96 Å². The number of halogens is 1. The number of ether oxygens (including phenoxy) is 2. The SMILES string of the molecule is CN=C(NCc1ncc(C)c(OC)c1C)N1CCC(Oc2ccccc2)CC1.I. The summed E-state index contributed by atoms with van der Waals surface area (Å²) in [7, 11) is 3.53. The minimum absolute atomic E-state index is 0. The maximum Gasteiger partial charge on any atom is 0.193 e. The molecular formula is C22H31IN4O2. The quantitative estimate of drug-likeness (QED) is 0.375. The molecule has 0 bridgehead atoms. The van der Waals surface area contributed by atoms with Gasteiger partial charge < -0.3 is 19.7 Å². The van der Waals surface area contributed by atoms with Crippen molar-refractivity contribution < 1.29 is 9.47 Å². The zero-order valence-corrected chi connectivity index (χ0v) is 20.0. The van der Waals surface area contributed by atoms with E-state index >= 15 is 0 Å². The third-order valence-corrected chi connectivity index (χ3v) is 5.16. The fourth-order valence-electron chi connectivity index (χ4n) is 3.62. The summed E-state index contributed by atoms with van der Waals surface area (Å²) < 4.78 is 11.6. The van der Waals surface area contributed by atoms with Crippen molar-refractivity contribution in [1.29, 1.82) is 0 Å². The number of guanidine groups is 1. The molecule has 0 unspecified atom stereocenters. The van der Waals surface area contributed by atoms with Gasteiger partial charge in [0.1, 0.15) is 17.6 Å². The Morgan fingerprint density at radius 3 is 2.52 bits per heavy atom. The van der Waals surface area contributed by atoms with Crippen molar-refractivity contribution in [1.82, 2.24) is 15.2 Å². The number of hydrogen-bond acceptors (Lipinski definition) is 4. The Hall–Kier alpha value is -2.03. The number of aromatic nitrogens is 1. The van der Waals surface area contributed by atoms with E-state index in [-0.39, 0.29) is 30.1 Å². The van der Waals surface area contributed by atoms with Gasteiger partial charge in [-0.3, -0.25) is 9.98 Å². The number of benzene rings is 1. The number of aliphatic imine (C=N–C) groups is 1. The highest BCUT2D eigenvalue weighted by Crippen LogP contribution is 2.24. The summed E-state index contributed by atoms with van der Waals surface area (Å²) in [6.45, 7) is 6.51. The van der Waals surface area contributed by atoms with Crippen LogP contribution in [-0.4, -0.2) is 49.2 Å². The lowest BCUT2D eigenvalue weighted by Gasteiger charge is -2.34. The van der Waals surface area contributed by atoms with Crippen LogP contribution in [0.4, 0.5) is 0 Å². The van der Waals surface area contributed by atoms with Crippen LogP contribution in [0.15, 0.2) is 41.5 Å². The van der Waals surface area contributed by atoms with Gasteiger partial charge >= 0.3 is 0 Å². The first kappa shape index (κ1) is 23.3. The van der Waals surface area contributed by atoms with Crippen LogP contribution in [0.5, 0.6) is 11.5 Å². The smallest absolute Gasteiger partial charge is 0.193 e. The van der Waals surface area contributed by atoms with Crippen molar-refractivity contribution in [3.8, 4) is 11.5 Å². The van der Waals surface area contributed by atoms with Gasteiger partial charge in [-0.25, -0.2) is 0 Å². The van der Waals surface area contributed by atoms with E-state index in [1.54, 1.807) is 7.11 Å². The van der Waals surface area contributed by atoms with Gasteiger partial charge in [-0.05, 0) is 26.0 Å². The predicted molar refractivity (Wildman–Crippen MR) is 128 cm³/mol. The first-order valence-electron chi connectivity index (χ1n) is 9.78. The van der Waals surface area contributed by atoms with Crippen LogP contribution < -0.4 is 14.8 Å². The van der Waals surface area contributed by atoms with Gasteiger partial charge in [0.05, 0.1) is 19.3 Å². The molecule has 1 saturated heterocycles. The van der Waals surface area contributed by atoms with Crippen LogP contribution in [-0.2, 0) is 6.54 Å². The molecule has 1 aliphatic rings. The summed E-state index contributed by atoms with van der Waals surface area (Å²) in [5.74, 6) is 2.75. The molecule has 0 radical (unpaired) electrons. The molecule has 2 heterocycles. The molecule has 2 aromatic rings. The highest BCUT2D eigenvalue weighted by molar-refractivity contribution is 14.0. The molecule has 1 aromatic carbocycles. The van der Waals surface area contributed by atoms with Crippen LogP contribution in [0, 0.1) is 13.8 Å². The number of pyridine rings is 1. The lowest BCUT2D eigenvalue weighted by Crippen LogP contribution is -2.47. The van der Waals surface area contributed by atoms with E-state index in [1.165, 1.54) is 0 Å². The van der Waals surface area contributed by atoms with E-state index in [9.17, 15) is 0 Å². The first-order chi connectivity index (χ1) is 13.6. The number of nitrogens with one attached hydrogen (secondary N) is 1. The average Bonchev–Trinajstić information content (AvgIpc) is 2.72. The number of likely N-dealkylation sites (tertiary alicyclic amines) is 1. The summed E-state index contributed by atoms with van der Waals surface area (Å²) in [5, 5.41) is 3.45. The zero-order valence-electron chi connectivity index (χ0n) is 17.6. The number of hydrogen-bond donors (Lipinski definition) is 1. The Kier molecular flexibility index (Phi) is 9.00. The molecule has 158 valence electrons. The van der Waals surface area contributed by atoms with Crippen LogP contribution in [0.1, 0.15) is 29.7 Å². The summed E-state index contributed by atoms with van der Waals surface area (Å²) >= 11 is 0. The highest BCUT2D eigenvalue weighted by Gasteiger charge is 2.23. The van der Waals surface area contributed by atoms with E-state index in [4.69, 9.17) is 9.47 Å². The second-order valence-corrected chi connectivity index (χ2v) is 7.06. The minimum Gasteiger partial charge on any atom is -0.496 e. The third kappa shape index (κ3) is 5.98. The van der Waals surface area contributed by atoms with Crippen molar-refractivity contribution in [3.63, 3.8) is 0 Å². The van der Waals surface area contributed by atoms with E-state index in [2.05, 4.69) is 20.2 Å². The van der Waals surface area contributed by atoms with Gasteiger partial charge in [0, 0.05) is 50.3 Å². The van der Waals surface area contributed by atoms with Gasteiger partial charge in [-0.2, -0.15) is 0 Å². The van der Waals surface area contributed by atoms with Gasteiger partial charge in [-0.15, -0.1) is 24.0 Å². The van der Waals surface area contributed by atoms with E-state index < -0.39 is 0 Å². The Morgan fingerprint density at radius 1 is 1.21 bits per heavy atom. The summed E-state index contributed by atoms with van der Waals surface area (Å²) in [4.78, 5) is 11.3. The summed E-state index contributed by atoms with van der Waals surface area (Å²) in [6.07, 6.45) is 4.07. The molecule has 0 spiro atoms. The Balaban J connectivity index is 0.00000300. The Morgan fingerprint density at radius 2 is 1.90 bits per heavy atom. The molecule has 7 heteroatoms. The average molecular weight is 510 g/mol. The van der Waals surface area contributed by atoms with Crippen LogP contribution in [0.25, 0.3) is 0 Å². The molecule has 3 rings (SSSR count). The molecule has 0 atom stereocenters. The van der Waals surface area contributed by atoms with Crippen molar-refractivity contribution in [2.75, 3.05) is 27.2 Å². The maximum absolute atomic E-state index is 6.09. The summed E-state index contributed by atoms with van der Waals surface area (Å²) in [6, 6.07) is 10.0. The van der Waals surface area contributed by atoms with Gasteiger partial charge in [0.2, 0.25) is 0 Å². The van der Waals surface area contributed by atoms with Gasteiger partial charge in [-0.1, -0.05) is 18.2 Å². The third-order valence-electron chi connectivity index (χ3n) is 5.16. The molecule has 6 nitrogen and oxygen atoms in total. The molecule has 0 amide bonds.